The van der Waals surface area contributed by atoms with Crippen LogP contribution in [0.5, 0.6) is 5.75 Å². The summed E-state index contributed by atoms with van der Waals surface area (Å²) < 4.78 is 29.1. The molecule has 0 atom stereocenters. The van der Waals surface area contributed by atoms with Crippen LogP contribution < -0.4 is 4.74 Å². The Kier molecular flexibility index (Phi) is 2.80. The Morgan fingerprint density at radius 2 is 2.15 bits per heavy atom. The molecule has 0 radical (unpaired) electrons. The number of ether oxygens (including phenoxy) is 1. The quantitative estimate of drug-likeness (QED) is 0.660. The average molecular weight is 183 g/mol. The SMILES string of the molecule is Cc1c(OC#N)cccc1C(F)F. The first-order valence-corrected chi connectivity index (χ1v) is 3.60. The van der Waals surface area contributed by atoms with Gasteiger partial charge >= 0.3 is 0 Å². The minimum atomic E-state index is -2.54. The van der Waals surface area contributed by atoms with Gasteiger partial charge in [0, 0.05) is 11.1 Å². The van der Waals surface area contributed by atoms with E-state index >= 15 is 0 Å². The normalized spacial score (nSPS) is 9.77. The van der Waals surface area contributed by atoms with E-state index in [1.807, 2.05) is 0 Å². The zero-order valence-electron chi connectivity index (χ0n) is 6.92. The number of benzene rings is 1. The van der Waals surface area contributed by atoms with Crippen molar-refractivity contribution in [3.63, 3.8) is 0 Å². The lowest BCUT2D eigenvalue weighted by Gasteiger charge is -2.06. The molecule has 0 aliphatic heterocycles. The van der Waals surface area contributed by atoms with Crippen LogP contribution in [0, 0.1) is 18.4 Å². The summed E-state index contributed by atoms with van der Waals surface area (Å²) >= 11 is 0. The van der Waals surface area contributed by atoms with Gasteiger partial charge in [0.15, 0.2) is 0 Å². The van der Waals surface area contributed by atoms with Gasteiger partial charge in [0.25, 0.3) is 12.7 Å². The van der Waals surface area contributed by atoms with Crippen molar-refractivity contribution in [2.75, 3.05) is 0 Å². The molecule has 0 saturated heterocycles. The molecule has 0 unspecified atom stereocenters. The van der Waals surface area contributed by atoms with Gasteiger partial charge in [-0.05, 0) is 13.0 Å². The second-order valence-corrected chi connectivity index (χ2v) is 2.46. The zero-order chi connectivity index (χ0) is 9.84. The van der Waals surface area contributed by atoms with Crippen LogP contribution in [-0.2, 0) is 0 Å². The van der Waals surface area contributed by atoms with Gasteiger partial charge in [0.05, 0.1) is 0 Å². The molecule has 68 valence electrons. The van der Waals surface area contributed by atoms with Crippen LogP contribution in [0.4, 0.5) is 8.78 Å². The van der Waals surface area contributed by atoms with E-state index in [-0.39, 0.29) is 11.3 Å². The van der Waals surface area contributed by atoms with Crippen LogP contribution in [-0.4, -0.2) is 0 Å². The van der Waals surface area contributed by atoms with E-state index in [0.717, 1.165) is 0 Å². The topological polar surface area (TPSA) is 33.0 Å². The first-order valence-electron chi connectivity index (χ1n) is 3.60. The molecule has 0 aromatic heterocycles. The third-order valence-corrected chi connectivity index (χ3v) is 1.72. The van der Waals surface area contributed by atoms with E-state index in [1.54, 1.807) is 0 Å². The standard InChI is InChI=1S/C9H7F2NO/c1-6-7(9(10)11)3-2-4-8(6)13-5-12/h2-4,9H,1H3. The molecule has 0 heterocycles. The van der Waals surface area contributed by atoms with Crippen molar-refractivity contribution in [2.45, 2.75) is 13.3 Å². The summed E-state index contributed by atoms with van der Waals surface area (Å²) in [7, 11) is 0. The predicted octanol–water partition coefficient (Wildman–Crippen LogP) is 2.79. The number of halogens is 2. The van der Waals surface area contributed by atoms with E-state index in [1.165, 1.54) is 31.4 Å². The van der Waals surface area contributed by atoms with Crippen molar-refractivity contribution < 1.29 is 13.5 Å². The second-order valence-electron chi connectivity index (χ2n) is 2.46. The zero-order valence-corrected chi connectivity index (χ0v) is 6.92. The molecule has 0 aliphatic carbocycles. The highest BCUT2D eigenvalue weighted by Gasteiger charge is 2.13. The van der Waals surface area contributed by atoms with E-state index in [2.05, 4.69) is 4.74 Å². The van der Waals surface area contributed by atoms with Gasteiger partial charge in [-0.1, -0.05) is 12.1 Å². The number of nitriles is 1. The third kappa shape index (κ3) is 1.94. The number of rotatable bonds is 2. The summed E-state index contributed by atoms with van der Waals surface area (Å²) in [5.74, 6) is 0.181. The molecule has 2 nitrogen and oxygen atoms in total. The summed E-state index contributed by atoms with van der Waals surface area (Å²) in [5, 5.41) is 8.21. The largest absolute Gasteiger partial charge is 0.388 e. The van der Waals surface area contributed by atoms with Crippen LogP contribution in [0.15, 0.2) is 18.2 Å². The maximum absolute atomic E-state index is 12.3. The second kappa shape index (κ2) is 3.85. The van der Waals surface area contributed by atoms with E-state index < -0.39 is 6.43 Å². The lowest BCUT2D eigenvalue weighted by molar-refractivity contribution is 0.150. The van der Waals surface area contributed by atoms with Gasteiger partial charge < -0.3 is 4.74 Å². The predicted molar refractivity (Wildman–Crippen MR) is 42.4 cm³/mol. The molecule has 1 aromatic rings. The fourth-order valence-corrected chi connectivity index (χ4v) is 1.03. The lowest BCUT2D eigenvalue weighted by Crippen LogP contribution is -1.93. The molecule has 0 aliphatic rings. The van der Waals surface area contributed by atoms with Crippen molar-refractivity contribution in [3.8, 4) is 12.0 Å². The van der Waals surface area contributed by atoms with E-state index in [4.69, 9.17) is 5.26 Å². The summed E-state index contributed by atoms with van der Waals surface area (Å²) in [6, 6.07) is 4.22. The number of alkyl halides is 2. The molecule has 0 fully saturated rings. The Hall–Kier alpha value is -1.63. The molecule has 4 heteroatoms. The highest BCUT2D eigenvalue weighted by molar-refractivity contribution is 5.40. The first-order chi connectivity index (χ1) is 6.16. The fourth-order valence-electron chi connectivity index (χ4n) is 1.03. The number of hydrogen-bond donors (Lipinski definition) is 0. The molecule has 0 N–H and O–H groups in total. The summed E-state index contributed by atoms with van der Waals surface area (Å²) in [6.45, 7) is 1.49. The van der Waals surface area contributed by atoms with Gasteiger partial charge in [0.1, 0.15) is 5.75 Å². The van der Waals surface area contributed by atoms with Crippen LogP contribution in [0.1, 0.15) is 17.6 Å². The van der Waals surface area contributed by atoms with Crippen molar-refractivity contribution in [2.24, 2.45) is 0 Å². The maximum Gasteiger partial charge on any atom is 0.292 e. The van der Waals surface area contributed by atoms with Crippen LogP contribution in [0.2, 0.25) is 0 Å². The Morgan fingerprint density at radius 3 is 2.69 bits per heavy atom. The summed E-state index contributed by atoms with van der Waals surface area (Å²) in [5.41, 5.74) is 0.201. The summed E-state index contributed by atoms with van der Waals surface area (Å²) in [4.78, 5) is 0. The van der Waals surface area contributed by atoms with Crippen molar-refractivity contribution in [1.82, 2.24) is 0 Å². The Morgan fingerprint density at radius 1 is 1.46 bits per heavy atom. The number of nitrogens with zero attached hydrogens (tertiary/aromatic N) is 1. The van der Waals surface area contributed by atoms with Gasteiger partial charge in [0.2, 0.25) is 0 Å². The monoisotopic (exact) mass is 183 g/mol. The van der Waals surface area contributed by atoms with Gasteiger partial charge in [-0.15, -0.1) is 5.26 Å². The van der Waals surface area contributed by atoms with Crippen molar-refractivity contribution in [1.29, 1.82) is 5.26 Å². The van der Waals surface area contributed by atoms with Crippen molar-refractivity contribution >= 4 is 0 Å². The van der Waals surface area contributed by atoms with Gasteiger partial charge in [-0.3, -0.25) is 0 Å². The fraction of sp³-hybridized carbons (Fsp3) is 0.222. The highest BCUT2D eigenvalue weighted by Crippen LogP contribution is 2.28. The first kappa shape index (κ1) is 9.46. The maximum atomic E-state index is 12.3. The molecule has 1 aromatic carbocycles. The van der Waals surface area contributed by atoms with E-state index in [9.17, 15) is 8.78 Å². The molecule has 0 amide bonds. The van der Waals surface area contributed by atoms with Crippen LogP contribution in [0.25, 0.3) is 0 Å². The molecular formula is C9H7F2NO. The van der Waals surface area contributed by atoms with E-state index in [0.29, 0.717) is 5.56 Å². The van der Waals surface area contributed by atoms with Gasteiger partial charge in [-0.25, -0.2) is 8.78 Å². The molecule has 0 bridgehead atoms. The molecule has 1 rings (SSSR count). The molecular weight excluding hydrogens is 176 g/mol. The minimum absolute atomic E-state index is 0.104. The Balaban J connectivity index is 3.12. The van der Waals surface area contributed by atoms with Crippen LogP contribution in [0.3, 0.4) is 0 Å². The third-order valence-electron chi connectivity index (χ3n) is 1.72. The number of hydrogen-bond acceptors (Lipinski definition) is 2. The Labute approximate surface area is 74.4 Å². The molecule has 0 saturated carbocycles. The molecule has 0 spiro atoms. The highest BCUT2D eigenvalue weighted by atomic mass is 19.3. The lowest BCUT2D eigenvalue weighted by atomic mass is 10.1. The average Bonchev–Trinajstić information content (AvgIpc) is 2.08. The minimum Gasteiger partial charge on any atom is -0.388 e. The van der Waals surface area contributed by atoms with Gasteiger partial charge in [-0.2, -0.15) is 0 Å². The Bertz CT molecular complexity index is 344. The van der Waals surface area contributed by atoms with Crippen LogP contribution >= 0.6 is 0 Å². The van der Waals surface area contributed by atoms with Crippen molar-refractivity contribution in [3.05, 3.63) is 29.3 Å². The smallest absolute Gasteiger partial charge is 0.292 e. The summed E-state index contributed by atoms with van der Waals surface area (Å²) in [6.07, 6.45) is -1.09. The molecule has 13 heavy (non-hydrogen) atoms.